The number of nitrogens with zero attached hydrogens (tertiary/aromatic N) is 1. The van der Waals surface area contributed by atoms with Gasteiger partial charge in [0.25, 0.3) is 0 Å². The zero-order chi connectivity index (χ0) is 18.3. The van der Waals surface area contributed by atoms with E-state index in [4.69, 9.17) is 0 Å². The molecule has 1 amide bonds. The lowest BCUT2D eigenvalue weighted by atomic mass is 9.86. The molecule has 3 heteroatoms. The van der Waals surface area contributed by atoms with Gasteiger partial charge in [0.05, 0.1) is 11.4 Å². The van der Waals surface area contributed by atoms with E-state index in [0.717, 1.165) is 16.5 Å². The van der Waals surface area contributed by atoms with Crippen molar-refractivity contribution in [3.63, 3.8) is 0 Å². The smallest absolute Gasteiger partial charge is 0.238 e. The van der Waals surface area contributed by atoms with Crippen LogP contribution in [0.15, 0.2) is 66.7 Å². The summed E-state index contributed by atoms with van der Waals surface area (Å²) in [4.78, 5) is 14.7. The first-order valence-electron chi connectivity index (χ1n) is 8.97. The van der Waals surface area contributed by atoms with Gasteiger partial charge in [-0.05, 0) is 28.0 Å². The Hall–Kier alpha value is -2.26. The fourth-order valence-corrected chi connectivity index (χ4v) is 4.67. The van der Waals surface area contributed by atoms with Crippen molar-refractivity contribution in [2.45, 2.75) is 31.6 Å². The fraction of sp³-hybridized carbons (Fsp3) is 0.261. The average molecular weight is 362 g/mol. The highest BCUT2D eigenvalue weighted by Crippen LogP contribution is 2.44. The van der Waals surface area contributed by atoms with Crippen molar-refractivity contribution in [3.8, 4) is 0 Å². The molecule has 132 valence electrons. The molecule has 3 aromatic carbocycles. The number of amides is 1. The van der Waals surface area contributed by atoms with Crippen LogP contribution in [0.1, 0.15) is 37.3 Å². The summed E-state index contributed by atoms with van der Waals surface area (Å²) < 4.78 is 0. The molecule has 0 spiro atoms. The van der Waals surface area contributed by atoms with Gasteiger partial charge in [0.15, 0.2) is 0 Å². The van der Waals surface area contributed by atoms with Gasteiger partial charge in [-0.2, -0.15) is 0 Å². The summed E-state index contributed by atoms with van der Waals surface area (Å²) in [5.74, 6) is 0.700. The number of hydrogen-bond acceptors (Lipinski definition) is 2. The highest BCUT2D eigenvalue weighted by molar-refractivity contribution is 8.00. The monoisotopic (exact) mass is 361 g/mol. The third-order valence-electron chi connectivity index (χ3n) is 4.96. The zero-order valence-corrected chi connectivity index (χ0v) is 16.2. The number of hydrogen-bond donors (Lipinski definition) is 0. The maximum Gasteiger partial charge on any atom is 0.238 e. The molecular formula is C23H23NOS. The van der Waals surface area contributed by atoms with Crippen LogP contribution in [0.4, 0.5) is 5.69 Å². The second-order valence-electron chi connectivity index (χ2n) is 7.80. The second-order valence-corrected chi connectivity index (χ2v) is 8.87. The first-order valence-corrected chi connectivity index (χ1v) is 10.0. The molecule has 1 fully saturated rings. The molecule has 0 saturated carbocycles. The number of carbonyl (C=O) groups excluding carboxylic acids is 1. The number of benzene rings is 3. The maximum atomic E-state index is 12.7. The van der Waals surface area contributed by atoms with Gasteiger partial charge in [0.2, 0.25) is 5.91 Å². The standard InChI is InChI=1S/C23H23NOS/c1-23(2,3)18-13-11-17(12-14-18)22-24(21(25)15-26-22)20-10-6-8-16-7-4-5-9-19(16)20/h4-14,22H,15H2,1-3H3/t22-/m1/s1. The minimum absolute atomic E-state index is 0.0299. The first kappa shape index (κ1) is 17.2. The molecule has 4 rings (SSSR count). The van der Waals surface area contributed by atoms with Crippen LogP contribution >= 0.6 is 11.8 Å². The van der Waals surface area contributed by atoms with Gasteiger partial charge in [-0.25, -0.2) is 0 Å². The van der Waals surface area contributed by atoms with E-state index in [1.54, 1.807) is 11.8 Å². The number of fused-ring (bicyclic) bond motifs is 1. The van der Waals surface area contributed by atoms with Crippen LogP contribution in [0.2, 0.25) is 0 Å². The molecule has 0 unspecified atom stereocenters. The highest BCUT2D eigenvalue weighted by Gasteiger charge is 2.34. The van der Waals surface area contributed by atoms with Gasteiger partial charge in [-0.15, -0.1) is 11.8 Å². The predicted octanol–water partition coefficient (Wildman–Crippen LogP) is 5.92. The van der Waals surface area contributed by atoms with Crippen LogP contribution < -0.4 is 4.90 Å². The SMILES string of the molecule is CC(C)(C)c1ccc([C@H]2SCC(=O)N2c2cccc3ccccc23)cc1. The predicted molar refractivity (Wildman–Crippen MR) is 112 cm³/mol. The van der Waals surface area contributed by atoms with Crippen molar-refractivity contribution in [1.29, 1.82) is 0 Å². The van der Waals surface area contributed by atoms with Crippen LogP contribution in [0.25, 0.3) is 10.8 Å². The fourth-order valence-electron chi connectivity index (χ4n) is 3.50. The van der Waals surface area contributed by atoms with E-state index >= 15 is 0 Å². The Morgan fingerprint density at radius 2 is 1.62 bits per heavy atom. The van der Waals surface area contributed by atoms with Crippen molar-refractivity contribution < 1.29 is 4.79 Å². The summed E-state index contributed by atoms with van der Waals surface area (Å²) in [5.41, 5.74) is 3.63. The van der Waals surface area contributed by atoms with E-state index in [1.165, 1.54) is 11.1 Å². The quantitative estimate of drug-likeness (QED) is 0.565. The molecule has 1 aliphatic rings. The molecule has 1 atom stereocenters. The summed E-state index contributed by atoms with van der Waals surface area (Å²) in [7, 11) is 0. The molecule has 1 saturated heterocycles. The summed E-state index contributed by atoms with van der Waals surface area (Å²) in [5, 5.41) is 2.32. The Bertz CT molecular complexity index is 951. The Morgan fingerprint density at radius 3 is 2.35 bits per heavy atom. The lowest BCUT2D eigenvalue weighted by Gasteiger charge is -2.26. The first-order chi connectivity index (χ1) is 12.4. The summed E-state index contributed by atoms with van der Waals surface area (Å²) in [6, 6.07) is 23.2. The lowest BCUT2D eigenvalue weighted by molar-refractivity contribution is -0.115. The molecule has 0 aliphatic carbocycles. The summed E-state index contributed by atoms with van der Waals surface area (Å²) in [6.45, 7) is 6.66. The molecule has 0 aromatic heterocycles. The molecule has 3 aromatic rings. The molecule has 0 N–H and O–H groups in total. The minimum atomic E-state index is 0.0299. The van der Waals surface area contributed by atoms with Crippen molar-refractivity contribution in [3.05, 3.63) is 77.9 Å². The summed E-state index contributed by atoms with van der Waals surface area (Å²) >= 11 is 1.70. The number of rotatable bonds is 2. The number of carbonyl (C=O) groups is 1. The van der Waals surface area contributed by atoms with Crippen molar-refractivity contribution in [1.82, 2.24) is 0 Å². The molecular weight excluding hydrogens is 338 g/mol. The molecule has 1 heterocycles. The molecule has 26 heavy (non-hydrogen) atoms. The van der Waals surface area contributed by atoms with E-state index in [0.29, 0.717) is 5.75 Å². The normalized spacial score (nSPS) is 17.9. The van der Waals surface area contributed by atoms with E-state index in [2.05, 4.69) is 69.3 Å². The number of thioether (sulfide) groups is 1. The molecule has 0 bridgehead atoms. The van der Waals surface area contributed by atoms with Crippen LogP contribution in [0, 0.1) is 0 Å². The maximum absolute atomic E-state index is 12.7. The van der Waals surface area contributed by atoms with Gasteiger partial charge in [-0.1, -0.05) is 81.4 Å². The van der Waals surface area contributed by atoms with Gasteiger partial charge in [0.1, 0.15) is 5.37 Å². The topological polar surface area (TPSA) is 20.3 Å². The molecule has 0 radical (unpaired) electrons. The van der Waals surface area contributed by atoms with Crippen molar-refractivity contribution >= 4 is 34.1 Å². The van der Waals surface area contributed by atoms with E-state index in [1.807, 2.05) is 23.1 Å². The van der Waals surface area contributed by atoms with Crippen LogP contribution in [-0.2, 0) is 10.2 Å². The Labute approximate surface area is 159 Å². The van der Waals surface area contributed by atoms with E-state index in [-0.39, 0.29) is 16.7 Å². The summed E-state index contributed by atoms with van der Waals surface area (Å²) in [6.07, 6.45) is 0. The van der Waals surface area contributed by atoms with Gasteiger partial charge < -0.3 is 0 Å². The van der Waals surface area contributed by atoms with E-state index in [9.17, 15) is 4.79 Å². The van der Waals surface area contributed by atoms with Gasteiger partial charge >= 0.3 is 0 Å². The van der Waals surface area contributed by atoms with Crippen LogP contribution in [0.3, 0.4) is 0 Å². The largest absolute Gasteiger partial charge is 0.294 e. The second kappa shape index (κ2) is 6.48. The number of anilines is 1. The molecule has 2 nitrogen and oxygen atoms in total. The van der Waals surface area contributed by atoms with E-state index < -0.39 is 0 Å². The van der Waals surface area contributed by atoms with Gasteiger partial charge in [-0.3, -0.25) is 9.69 Å². The zero-order valence-electron chi connectivity index (χ0n) is 15.4. The third kappa shape index (κ3) is 3.01. The Kier molecular flexibility index (Phi) is 4.28. The minimum Gasteiger partial charge on any atom is -0.294 e. The van der Waals surface area contributed by atoms with Crippen LogP contribution in [0.5, 0.6) is 0 Å². The average Bonchev–Trinajstić information content (AvgIpc) is 3.02. The van der Waals surface area contributed by atoms with Crippen molar-refractivity contribution in [2.24, 2.45) is 0 Å². The van der Waals surface area contributed by atoms with Crippen LogP contribution in [-0.4, -0.2) is 11.7 Å². The molecule has 1 aliphatic heterocycles. The van der Waals surface area contributed by atoms with Crippen molar-refractivity contribution in [2.75, 3.05) is 10.7 Å². The Balaban J connectivity index is 1.76. The Morgan fingerprint density at radius 1 is 0.923 bits per heavy atom. The highest BCUT2D eigenvalue weighted by atomic mass is 32.2. The van der Waals surface area contributed by atoms with Gasteiger partial charge in [0, 0.05) is 5.39 Å². The third-order valence-corrected chi connectivity index (χ3v) is 6.17. The lowest BCUT2D eigenvalue weighted by Crippen LogP contribution is -2.28.